The van der Waals surface area contributed by atoms with Gasteiger partial charge in [-0.3, -0.25) is 9.59 Å². The van der Waals surface area contributed by atoms with Crippen LogP contribution in [0.25, 0.3) is 27.2 Å². The van der Waals surface area contributed by atoms with Crippen LogP contribution in [-0.2, 0) is 19.1 Å². The summed E-state index contributed by atoms with van der Waals surface area (Å²) in [5.41, 5.74) is 2.98. The van der Waals surface area contributed by atoms with E-state index in [0.29, 0.717) is 44.2 Å². The Morgan fingerprint density at radius 2 is 1.97 bits per heavy atom. The van der Waals surface area contributed by atoms with Gasteiger partial charge in [0.15, 0.2) is 23.5 Å². The van der Waals surface area contributed by atoms with Crippen LogP contribution in [0.15, 0.2) is 36.4 Å². The third-order valence-corrected chi connectivity index (χ3v) is 8.80. The third-order valence-electron chi connectivity index (χ3n) is 7.61. The molecule has 3 aromatic rings. The minimum Gasteiger partial charge on any atom is -0.508 e. The van der Waals surface area contributed by atoms with Crippen molar-refractivity contribution < 1.29 is 24.2 Å². The highest BCUT2D eigenvalue weighted by molar-refractivity contribution is 7.20. The summed E-state index contributed by atoms with van der Waals surface area (Å²) in [6.07, 6.45) is 6.82. The number of phenols is 1. The normalized spacial score (nSPS) is 22.3. The second kappa shape index (κ2) is 10.8. The molecule has 2 saturated heterocycles. The number of cyclic esters (lactones) is 1. The number of phenolic OH excluding ortho intramolecular Hbond substituents is 1. The second-order valence-corrected chi connectivity index (χ2v) is 11.3. The standard InChI is InChI=1S/C29H31N3O5S/c33-21-6-2-5-20(16-21)28-30-22-17-25(38-27(22)29(31-28)32-11-13-36-14-12-32)19-4-1-3-18(7-8-19)15-23(34)24-9-10-26(35)37-24/h2,4-6,16-18,24,33H,1,3,7-15H2. The summed E-state index contributed by atoms with van der Waals surface area (Å²) in [4.78, 5) is 37.4. The Balaban J connectivity index is 1.25. The largest absolute Gasteiger partial charge is 0.508 e. The van der Waals surface area contributed by atoms with Crippen molar-refractivity contribution in [1.29, 1.82) is 0 Å². The van der Waals surface area contributed by atoms with Gasteiger partial charge >= 0.3 is 5.97 Å². The van der Waals surface area contributed by atoms with E-state index in [-0.39, 0.29) is 17.5 Å². The molecule has 38 heavy (non-hydrogen) atoms. The predicted octanol–water partition coefficient (Wildman–Crippen LogP) is 5.14. The van der Waals surface area contributed by atoms with Gasteiger partial charge in [-0.05, 0) is 55.4 Å². The highest BCUT2D eigenvalue weighted by atomic mass is 32.1. The van der Waals surface area contributed by atoms with Crippen LogP contribution in [0.4, 0.5) is 5.82 Å². The Morgan fingerprint density at radius 3 is 2.76 bits per heavy atom. The van der Waals surface area contributed by atoms with Crippen LogP contribution >= 0.6 is 11.3 Å². The maximum absolute atomic E-state index is 12.7. The van der Waals surface area contributed by atoms with E-state index in [9.17, 15) is 14.7 Å². The Kier molecular flexibility index (Phi) is 7.12. The van der Waals surface area contributed by atoms with Crippen molar-refractivity contribution in [3.05, 3.63) is 41.3 Å². The van der Waals surface area contributed by atoms with Crippen molar-refractivity contribution in [3.63, 3.8) is 0 Å². The Morgan fingerprint density at radius 1 is 1.11 bits per heavy atom. The van der Waals surface area contributed by atoms with Gasteiger partial charge in [0.05, 0.1) is 23.4 Å². The lowest BCUT2D eigenvalue weighted by molar-refractivity contribution is -0.147. The molecule has 6 rings (SSSR count). The monoisotopic (exact) mass is 533 g/mol. The molecule has 1 aliphatic carbocycles. The van der Waals surface area contributed by atoms with Gasteiger partial charge in [-0.15, -0.1) is 11.3 Å². The fourth-order valence-electron chi connectivity index (χ4n) is 5.53. The number of aromatic nitrogens is 2. The first kappa shape index (κ1) is 25.0. The van der Waals surface area contributed by atoms with Gasteiger partial charge in [-0.1, -0.05) is 18.2 Å². The summed E-state index contributed by atoms with van der Waals surface area (Å²) in [7, 11) is 0. The maximum Gasteiger partial charge on any atom is 0.306 e. The number of hydrogen-bond acceptors (Lipinski definition) is 9. The summed E-state index contributed by atoms with van der Waals surface area (Å²) in [6.45, 7) is 2.87. The molecule has 9 heteroatoms. The van der Waals surface area contributed by atoms with Gasteiger partial charge in [0, 0.05) is 42.8 Å². The van der Waals surface area contributed by atoms with Gasteiger partial charge < -0.3 is 19.5 Å². The zero-order valence-electron chi connectivity index (χ0n) is 21.2. The quantitative estimate of drug-likeness (QED) is 0.435. The lowest BCUT2D eigenvalue weighted by atomic mass is 9.91. The Hall–Kier alpha value is -3.30. The minimum absolute atomic E-state index is 0.0658. The molecule has 2 fully saturated rings. The van der Waals surface area contributed by atoms with Crippen LogP contribution in [0, 0.1) is 5.92 Å². The van der Waals surface area contributed by atoms with E-state index in [4.69, 9.17) is 19.4 Å². The highest BCUT2D eigenvalue weighted by Gasteiger charge is 2.31. The number of carbonyl (C=O) groups is 2. The number of nitrogens with zero attached hydrogens (tertiary/aromatic N) is 3. The zero-order valence-corrected chi connectivity index (χ0v) is 22.0. The molecule has 1 N–H and O–H groups in total. The number of ether oxygens (including phenoxy) is 2. The molecule has 0 spiro atoms. The molecule has 0 radical (unpaired) electrons. The number of thiophene rings is 1. The number of esters is 1. The number of anilines is 1. The number of hydrogen-bond donors (Lipinski definition) is 1. The summed E-state index contributed by atoms with van der Waals surface area (Å²) in [5.74, 6) is 1.80. The molecule has 0 saturated carbocycles. The molecule has 2 atom stereocenters. The first-order valence-corrected chi connectivity index (χ1v) is 14.2. The fourth-order valence-corrected chi connectivity index (χ4v) is 6.71. The molecule has 0 bridgehead atoms. The molecule has 4 heterocycles. The number of carbonyl (C=O) groups excluding carboxylic acids is 2. The summed E-state index contributed by atoms with van der Waals surface area (Å²) >= 11 is 1.73. The average molecular weight is 534 g/mol. The van der Waals surface area contributed by atoms with E-state index in [0.717, 1.165) is 60.4 Å². The first-order chi connectivity index (χ1) is 18.5. The summed E-state index contributed by atoms with van der Waals surface area (Å²) in [5, 5.41) is 10.0. The number of fused-ring (bicyclic) bond motifs is 1. The Bertz CT molecular complexity index is 1390. The number of allylic oxidation sites excluding steroid dienone is 2. The maximum atomic E-state index is 12.7. The van der Waals surface area contributed by atoms with E-state index in [2.05, 4.69) is 17.0 Å². The zero-order chi connectivity index (χ0) is 26.1. The van der Waals surface area contributed by atoms with Crippen molar-refractivity contribution in [3.8, 4) is 17.1 Å². The smallest absolute Gasteiger partial charge is 0.306 e. The number of morpholine rings is 1. The van der Waals surface area contributed by atoms with E-state index in [1.807, 2.05) is 6.07 Å². The van der Waals surface area contributed by atoms with Crippen LogP contribution in [0.2, 0.25) is 0 Å². The molecule has 2 aliphatic heterocycles. The summed E-state index contributed by atoms with van der Waals surface area (Å²) < 4.78 is 11.8. The van der Waals surface area contributed by atoms with Crippen LogP contribution < -0.4 is 4.90 Å². The van der Waals surface area contributed by atoms with Gasteiger partial charge in [0.25, 0.3) is 0 Å². The van der Waals surface area contributed by atoms with Crippen LogP contribution in [0.3, 0.4) is 0 Å². The predicted molar refractivity (Wildman–Crippen MR) is 146 cm³/mol. The average Bonchev–Trinajstić information content (AvgIpc) is 3.49. The van der Waals surface area contributed by atoms with Gasteiger partial charge in [0.1, 0.15) is 5.75 Å². The lowest BCUT2D eigenvalue weighted by Crippen LogP contribution is -2.36. The number of Topliss-reactive ketones (excluding diaryl/α,β-unsaturated/α-hetero) is 1. The van der Waals surface area contributed by atoms with Crippen molar-refractivity contribution in [2.45, 2.75) is 51.0 Å². The molecule has 0 amide bonds. The van der Waals surface area contributed by atoms with Crippen molar-refractivity contribution in [1.82, 2.24) is 9.97 Å². The third kappa shape index (κ3) is 5.31. The number of ketones is 1. The van der Waals surface area contributed by atoms with Crippen LogP contribution in [-0.4, -0.2) is 59.2 Å². The molecule has 3 aliphatic rings. The van der Waals surface area contributed by atoms with Crippen molar-refractivity contribution in [2.24, 2.45) is 5.92 Å². The topological polar surface area (TPSA) is 102 Å². The lowest BCUT2D eigenvalue weighted by Gasteiger charge is -2.28. The van der Waals surface area contributed by atoms with Gasteiger partial charge in [-0.25, -0.2) is 9.97 Å². The number of benzene rings is 1. The molecular weight excluding hydrogens is 502 g/mol. The van der Waals surface area contributed by atoms with E-state index in [1.165, 1.54) is 10.5 Å². The van der Waals surface area contributed by atoms with E-state index >= 15 is 0 Å². The first-order valence-electron chi connectivity index (χ1n) is 13.4. The van der Waals surface area contributed by atoms with E-state index < -0.39 is 6.10 Å². The molecule has 2 aromatic heterocycles. The number of aromatic hydroxyl groups is 1. The molecule has 2 unspecified atom stereocenters. The van der Waals surface area contributed by atoms with Gasteiger partial charge in [-0.2, -0.15) is 0 Å². The molecule has 1 aromatic carbocycles. The van der Waals surface area contributed by atoms with Crippen LogP contribution in [0.5, 0.6) is 5.75 Å². The minimum atomic E-state index is -0.543. The SMILES string of the molecule is O=C1CCC(C(=O)CC2CCC=C(c3cc4nc(-c5cccc(O)c5)nc(N5CCOCC5)c4s3)CC2)O1. The van der Waals surface area contributed by atoms with Gasteiger partial charge in [0.2, 0.25) is 0 Å². The Labute approximate surface area is 225 Å². The molecular formula is C29H31N3O5S. The summed E-state index contributed by atoms with van der Waals surface area (Å²) in [6, 6.07) is 9.22. The highest BCUT2D eigenvalue weighted by Crippen LogP contribution is 2.40. The van der Waals surface area contributed by atoms with Crippen molar-refractivity contribution in [2.75, 3.05) is 31.2 Å². The van der Waals surface area contributed by atoms with E-state index in [1.54, 1.807) is 29.5 Å². The molecule has 8 nitrogen and oxygen atoms in total. The number of rotatable bonds is 6. The molecule has 198 valence electrons. The van der Waals surface area contributed by atoms with Crippen molar-refractivity contribution >= 4 is 44.7 Å². The van der Waals surface area contributed by atoms with Crippen LogP contribution in [0.1, 0.15) is 49.8 Å². The second-order valence-electron chi connectivity index (χ2n) is 10.2. The fraction of sp³-hybridized carbons (Fsp3) is 0.448.